The van der Waals surface area contributed by atoms with E-state index in [1.807, 2.05) is 37.3 Å². The maximum atomic E-state index is 11.9. The maximum Gasteiger partial charge on any atom is 0.272 e. The average Bonchev–Trinajstić information content (AvgIpc) is 2.39. The third-order valence-corrected chi connectivity index (χ3v) is 2.53. The number of nitrogens with one attached hydrogen (secondary N) is 1. The number of rotatable bonds is 3. The van der Waals surface area contributed by atoms with Crippen LogP contribution in [0.1, 0.15) is 29.0 Å². The number of nitrogens with zero attached hydrogens (tertiary/aromatic N) is 2. The zero-order chi connectivity index (χ0) is 13.0. The van der Waals surface area contributed by atoms with Gasteiger partial charge in [0.25, 0.3) is 5.91 Å². The van der Waals surface area contributed by atoms with Gasteiger partial charge in [-0.05, 0) is 12.5 Å². The van der Waals surface area contributed by atoms with E-state index in [0.29, 0.717) is 0 Å². The fourth-order valence-corrected chi connectivity index (χ4v) is 1.59. The van der Waals surface area contributed by atoms with E-state index in [4.69, 9.17) is 5.73 Å². The minimum atomic E-state index is -0.286. The van der Waals surface area contributed by atoms with E-state index in [1.54, 1.807) is 0 Å². The summed E-state index contributed by atoms with van der Waals surface area (Å²) in [5.41, 5.74) is 6.74. The van der Waals surface area contributed by atoms with E-state index in [9.17, 15) is 4.79 Å². The van der Waals surface area contributed by atoms with Gasteiger partial charge in [0.15, 0.2) is 0 Å². The SMILES string of the molecule is CC(NC(=O)c1cncc(N)n1)c1ccccc1. The number of carbonyl (C=O) groups excluding carboxylic acids is 1. The van der Waals surface area contributed by atoms with Gasteiger partial charge in [0.1, 0.15) is 11.5 Å². The molecule has 0 bridgehead atoms. The molecule has 1 unspecified atom stereocenters. The minimum absolute atomic E-state index is 0.0954. The highest BCUT2D eigenvalue weighted by molar-refractivity contribution is 5.92. The highest BCUT2D eigenvalue weighted by Crippen LogP contribution is 2.11. The lowest BCUT2D eigenvalue weighted by molar-refractivity contribution is 0.0934. The van der Waals surface area contributed by atoms with Gasteiger partial charge in [0.2, 0.25) is 0 Å². The van der Waals surface area contributed by atoms with E-state index in [1.165, 1.54) is 12.4 Å². The van der Waals surface area contributed by atoms with Gasteiger partial charge in [0.05, 0.1) is 18.4 Å². The van der Waals surface area contributed by atoms with Crippen LogP contribution in [0.25, 0.3) is 0 Å². The number of nitrogens with two attached hydrogens (primary N) is 1. The van der Waals surface area contributed by atoms with Crippen LogP contribution >= 0.6 is 0 Å². The van der Waals surface area contributed by atoms with Crippen LogP contribution in [0.15, 0.2) is 42.7 Å². The largest absolute Gasteiger partial charge is 0.382 e. The van der Waals surface area contributed by atoms with Crippen molar-refractivity contribution in [2.75, 3.05) is 5.73 Å². The van der Waals surface area contributed by atoms with Gasteiger partial charge in [-0.2, -0.15) is 0 Å². The van der Waals surface area contributed by atoms with E-state index >= 15 is 0 Å². The number of benzene rings is 1. The molecule has 0 fully saturated rings. The topological polar surface area (TPSA) is 80.9 Å². The molecule has 2 rings (SSSR count). The third-order valence-electron chi connectivity index (χ3n) is 2.53. The Hall–Kier alpha value is -2.43. The molecule has 1 heterocycles. The van der Waals surface area contributed by atoms with Gasteiger partial charge in [-0.25, -0.2) is 4.98 Å². The van der Waals surface area contributed by atoms with Crippen LogP contribution in [-0.2, 0) is 0 Å². The Kier molecular flexibility index (Phi) is 3.52. The number of carbonyl (C=O) groups is 1. The summed E-state index contributed by atoms with van der Waals surface area (Å²) in [7, 11) is 0. The molecule has 92 valence electrons. The van der Waals surface area contributed by atoms with Gasteiger partial charge < -0.3 is 11.1 Å². The Labute approximate surface area is 105 Å². The molecule has 1 aromatic heterocycles. The monoisotopic (exact) mass is 242 g/mol. The van der Waals surface area contributed by atoms with E-state index < -0.39 is 0 Å². The van der Waals surface area contributed by atoms with Crippen molar-refractivity contribution in [2.45, 2.75) is 13.0 Å². The standard InChI is InChI=1S/C13H14N4O/c1-9(10-5-3-2-4-6-10)16-13(18)11-7-15-8-12(14)17-11/h2-9H,1H3,(H2,14,17)(H,16,18). The second kappa shape index (κ2) is 5.27. The van der Waals surface area contributed by atoms with E-state index in [2.05, 4.69) is 15.3 Å². The molecule has 0 aliphatic carbocycles. The predicted molar refractivity (Wildman–Crippen MR) is 68.8 cm³/mol. The summed E-state index contributed by atoms with van der Waals surface area (Å²) in [6, 6.07) is 9.60. The van der Waals surface area contributed by atoms with Gasteiger partial charge in [-0.3, -0.25) is 9.78 Å². The Morgan fingerprint density at radius 1 is 1.28 bits per heavy atom. The lowest BCUT2D eigenvalue weighted by atomic mass is 10.1. The molecule has 2 aromatic rings. The van der Waals surface area contributed by atoms with Crippen LogP contribution in [0.2, 0.25) is 0 Å². The van der Waals surface area contributed by atoms with E-state index in [0.717, 1.165) is 5.56 Å². The van der Waals surface area contributed by atoms with Crippen LogP contribution in [0.4, 0.5) is 5.82 Å². The molecule has 0 radical (unpaired) electrons. The van der Waals surface area contributed by atoms with Crippen LogP contribution in [0.3, 0.4) is 0 Å². The lowest BCUT2D eigenvalue weighted by Gasteiger charge is -2.13. The fourth-order valence-electron chi connectivity index (χ4n) is 1.59. The van der Waals surface area contributed by atoms with Crippen LogP contribution in [0, 0.1) is 0 Å². The number of anilines is 1. The first-order chi connectivity index (χ1) is 8.66. The number of aromatic nitrogens is 2. The van der Waals surface area contributed by atoms with Crippen molar-refractivity contribution in [1.82, 2.24) is 15.3 Å². The molecule has 1 amide bonds. The highest BCUT2D eigenvalue weighted by atomic mass is 16.1. The van der Waals surface area contributed by atoms with Gasteiger partial charge in [-0.15, -0.1) is 0 Å². The van der Waals surface area contributed by atoms with Crippen LogP contribution in [-0.4, -0.2) is 15.9 Å². The van der Waals surface area contributed by atoms with Crippen molar-refractivity contribution < 1.29 is 4.79 Å². The number of amides is 1. The Bertz CT molecular complexity index is 542. The molecule has 18 heavy (non-hydrogen) atoms. The molecule has 1 atom stereocenters. The zero-order valence-electron chi connectivity index (χ0n) is 10.00. The summed E-state index contributed by atoms with van der Waals surface area (Å²) < 4.78 is 0. The van der Waals surface area contributed by atoms with E-state index in [-0.39, 0.29) is 23.5 Å². The van der Waals surface area contributed by atoms with Crippen molar-refractivity contribution in [1.29, 1.82) is 0 Å². The van der Waals surface area contributed by atoms with Gasteiger partial charge in [-0.1, -0.05) is 30.3 Å². The van der Waals surface area contributed by atoms with Crippen molar-refractivity contribution in [3.05, 3.63) is 54.0 Å². The summed E-state index contributed by atoms with van der Waals surface area (Å²) in [6.45, 7) is 1.91. The fraction of sp³-hybridized carbons (Fsp3) is 0.154. The predicted octanol–water partition coefficient (Wildman–Crippen LogP) is 1.55. The first kappa shape index (κ1) is 12.0. The van der Waals surface area contributed by atoms with Crippen molar-refractivity contribution in [3.63, 3.8) is 0 Å². The number of nitrogen functional groups attached to an aromatic ring is 1. The second-order valence-corrected chi connectivity index (χ2v) is 3.94. The first-order valence-corrected chi connectivity index (χ1v) is 5.60. The highest BCUT2D eigenvalue weighted by Gasteiger charge is 2.12. The minimum Gasteiger partial charge on any atom is -0.382 e. The summed E-state index contributed by atoms with van der Waals surface area (Å²) in [5.74, 6) is -0.0545. The summed E-state index contributed by atoms with van der Waals surface area (Å²) in [6.07, 6.45) is 2.79. The molecule has 0 saturated carbocycles. The van der Waals surface area contributed by atoms with Crippen molar-refractivity contribution in [3.8, 4) is 0 Å². The molecule has 0 aliphatic heterocycles. The first-order valence-electron chi connectivity index (χ1n) is 5.60. The lowest BCUT2D eigenvalue weighted by Crippen LogP contribution is -2.27. The third kappa shape index (κ3) is 2.82. The van der Waals surface area contributed by atoms with Crippen LogP contribution < -0.4 is 11.1 Å². The molecule has 0 spiro atoms. The summed E-state index contributed by atoms with van der Waals surface area (Å²) >= 11 is 0. The molecule has 3 N–H and O–H groups in total. The molecular formula is C13H14N4O. The average molecular weight is 242 g/mol. The number of hydrogen-bond acceptors (Lipinski definition) is 4. The quantitative estimate of drug-likeness (QED) is 0.855. The molecular weight excluding hydrogens is 228 g/mol. The normalized spacial score (nSPS) is 11.8. The molecule has 5 heteroatoms. The van der Waals surface area contributed by atoms with Crippen LogP contribution in [0.5, 0.6) is 0 Å². The molecule has 0 aliphatic rings. The Morgan fingerprint density at radius 3 is 2.67 bits per heavy atom. The molecule has 1 aromatic carbocycles. The summed E-state index contributed by atoms with van der Waals surface area (Å²) in [4.78, 5) is 19.7. The second-order valence-electron chi connectivity index (χ2n) is 3.94. The summed E-state index contributed by atoms with van der Waals surface area (Å²) in [5, 5.41) is 2.84. The zero-order valence-corrected chi connectivity index (χ0v) is 10.00. The van der Waals surface area contributed by atoms with Crippen molar-refractivity contribution >= 4 is 11.7 Å². The molecule has 0 saturated heterocycles. The molecule has 5 nitrogen and oxygen atoms in total. The maximum absolute atomic E-state index is 11.9. The number of hydrogen-bond donors (Lipinski definition) is 2. The Morgan fingerprint density at radius 2 is 2.00 bits per heavy atom. The smallest absolute Gasteiger partial charge is 0.272 e. The van der Waals surface area contributed by atoms with Crippen molar-refractivity contribution in [2.24, 2.45) is 0 Å². The van der Waals surface area contributed by atoms with Gasteiger partial charge >= 0.3 is 0 Å². The van der Waals surface area contributed by atoms with Gasteiger partial charge in [0, 0.05) is 0 Å². The Balaban J connectivity index is 2.08.